The number of likely N-dealkylation sites (N-methyl/N-ethyl adjacent to an activating group) is 1. The number of nitrogens with one attached hydrogen (secondary N) is 2. The number of piperidine rings is 1. The Kier molecular flexibility index (Phi) is 7.23. The molecule has 1 saturated heterocycles. The van der Waals surface area contributed by atoms with Crippen molar-refractivity contribution in [1.29, 1.82) is 0 Å². The van der Waals surface area contributed by atoms with Gasteiger partial charge < -0.3 is 15.4 Å². The van der Waals surface area contributed by atoms with Gasteiger partial charge >= 0.3 is 0 Å². The van der Waals surface area contributed by atoms with E-state index in [1.165, 1.54) is 12.8 Å². The Bertz CT molecular complexity index is 242. The maximum Gasteiger partial charge on any atom is 0.237 e. The van der Waals surface area contributed by atoms with E-state index in [1.807, 2.05) is 6.92 Å². The lowest BCUT2D eigenvalue weighted by atomic mass is 10.0. The summed E-state index contributed by atoms with van der Waals surface area (Å²) in [5.41, 5.74) is 0. The van der Waals surface area contributed by atoms with E-state index in [1.54, 1.807) is 7.11 Å². The van der Waals surface area contributed by atoms with Gasteiger partial charge in [0, 0.05) is 26.2 Å². The smallest absolute Gasteiger partial charge is 0.237 e. The number of rotatable bonds is 7. The molecule has 0 bridgehead atoms. The average Bonchev–Trinajstić information content (AvgIpc) is 2.41. The van der Waals surface area contributed by atoms with Gasteiger partial charge in [-0.15, -0.1) is 0 Å². The molecule has 1 aliphatic rings. The minimum absolute atomic E-state index is 0.0724. The predicted molar refractivity (Wildman–Crippen MR) is 72.6 cm³/mol. The highest BCUT2D eigenvalue weighted by Gasteiger charge is 2.27. The Balaban J connectivity index is 2.44. The molecule has 18 heavy (non-hydrogen) atoms. The molecule has 0 aromatic heterocycles. The van der Waals surface area contributed by atoms with Crippen LogP contribution in [0, 0.1) is 0 Å². The Labute approximate surface area is 110 Å². The minimum Gasteiger partial charge on any atom is -0.383 e. The highest BCUT2D eigenvalue weighted by Crippen LogP contribution is 2.13. The summed E-state index contributed by atoms with van der Waals surface area (Å²) in [6.07, 6.45) is 2.37. The molecule has 2 unspecified atom stereocenters. The highest BCUT2D eigenvalue weighted by atomic mass is 16.5. The van der Waals surface area contributed by atoms with Gasteiger partial charge in [-0.2, -0.15) is 0 Å². The molecule has 1 amide bonds. The van der Waals surface area contributed by atoms with Crippen LogP contribution < -0.4 is 10.6 Å². The molecule has 2 atom stereocenters. The first kappa shape index (κ1) is 15.4. The summed E-state index contributed by atoms with van der Waals surface area (Å²) in [6.45, 7) is 8.25. The lowest BCUT2D eigenvalue weighted by Crippen LogP contribution is -2.54. The molecule has 1 heterocycles. The van der Waals surface area contributed by atoms with Gasteiger partial charge in [0.1, 0.15) is 0 Å². The molecule has 1 fully saturated rings. The van der Waals surface area contributed by atoms with Gasteiger partial charge in [-0.1, -0.05) is 6.92 Å². The molecule has 5 heteroatoms. The molecular formula is C13H27N3O2. The minimum atomic E-state index is -0.0724. The second-order valence-electron chi connectivity index (χ2n) is 4.79. The maximum atomic E-state index is 12.0. The van der Waals surface area contributed by atoms with E-state index in [0.29, 0.717) is 19.2 Å². The van der Waals surface area contributed by atoms with Crippen LogP contribution in [-0.2, 0) is 9.53 Å². The Morgan fingerprint density at radius 2 is 2.39 bits per heavy atom. The third kappa shape index (κ3) is 4.55. The summed E-state index contributed by atoms with van der Waals surface area (Å²) < 4.78 is 4.94. The molecule has 2 N–H and O–H groups in total. The molecule has 106 valence electrons. The zero-order valence-electron chi connectivity index (χ0n) is 11.9. The van der Waals surface area contributed by atoms with Gasteiger partial charge in [-0.3, -0.25) is 9.69 Å². The summed E-state index contributed by atoms with van der Waals surface area (Å²) in [4.78, 5) is 14.3. The number of ether oxygens (including phenoxy) is 1. The van der Waals surface area contributed by atoms with Crippen molar-refractivity contribution in [2.45, 2.75) is 38.8 Å². The van der Waals surface area contributed by atoms with Crippen molar-refractivity contribution in [2.75, 3.05) is 39.9 Å². The molecule has 0 aliphatic carbocycles. The van der Waals surface area contributed by atoms with E-state index in [4.69, 9.17) is 4.74 Å². The Morgan fingerprint density at radius 1 is 1.61 bits per heavy atom. The van der Waals surface area contributed by atoms with Gasteiger partial charge in [0.15, 0.2) is 0 Å². The number of amides is 1. The number of methoxy groups -OCH3 is 1. The van der Waals surface area contributed by atoms with Crippen molar-refractivity contribution in [2.24, 2.45) is 0 Å². The quantitative estimate of drug-likeness (QED) is 0.640. The van der Waals surface area contributed by atoms with E-state index in [-0.39, 0.29) is 11.9 Å². The fourth-order valence-corrected chi connectivity index (χ4v) is 2.54. The maximum absolute atomic E-state index is 12.0. The summed E-state index contributed by atoms with van der Waals surface area (Å²) in [5, 5.41) is 6.31. The lowest BCUT2D eigenvalue weighted by molar-refractivity contribution is -0.127. The van der Waals surface area contributed by atoms with E-state index in [9.17, 15) is 4.79 Å². The summed E-state index contributed by atoms with van der Waals surface area (Å²) >= 11 is 0. The van der Waals surface area contributed by atoms with Crippen molar-refractivity contribution >= 4 is 5.91 Å². The standard InChI is InChI=1S/C13H27N3O2/c1-4-16(12-6-5-7-14-10-12)11(2)13(17)15-8-9-18-3/h11-12,14H,4-10H2,1-3H3,(H,15,17). The van der Waals surface area contributed by atoms with Crippen LogP contribution in [0.4, 0.5) is 0 Å². The van der Waals surface area contributed by atoms with Crippen LogP contribution in [0.2, 0.25) is 0 Å². The molecule has 0 spiro atoms. The first-order chi connectivity index (χ1) is 8.70. The Morgan fingerprint density at radius 3 is 2.94 bits per heavy atom. The third-order valence-corrected chi connectivity index (χ3v) is 3.59. The van der Waals surface area contributed by atoms with Crippen molar-refractivity contribution in [3.63, 3.8) is 0 Å². The molecule has 1 rings (SSSR count). The predicted octanol–water partition coefficient (Wildman–Crippen LogP) is 0.211. The second kappa shape index (κ2) is 8.45. The SMILES string of the molecule is CCN(C1CCCNC1)C(C)C(=O)NCCOC. The van der Waals surface area contributed by atoms with Crippen molar-refractivity contribution in [3.05, 3.63) is 0 Å². The van der Waals surface area contributed by atoms with Crippen molar-refractivity contribution in [1.82, 2.24) is 15.5 Å². The van der Waals surface area contributed by atoms with Gasteiger partial charge in [-0.05, 0) is 32.9 Å². The topological polar surface area (TPSA) is 53.6 Å². The normalized spacial score (nSPS) is 21.9. The molecule has 0 saturated carbocycles. The second-order valence-corrected chi connectivity index (χ2v) is 4.79. The van der Waals surface area contributed by atoms with E-state index >= 15 is 0 Å². The molecule has 0 radical (unpaired) electrons. The first-order valence-corrected chi connectivity index (χ1v) is 6.93. The average molecular weight is 257 g/mol. The van der Waals surface area contributed by atoms with E-state index in [0.717, 1.165) is 19.6 Å². The fourth-order valence-electron chi connectivity index (χ4n) is 2.54. The number of carbonyl (C=O) groups excluding carboxylic acids is 1. The van der Waals surface area contributed by atoms with Gasteiger partial charge in [-0.25, -0.2) is 0 Å². The van der Waals surface area contributed by atoms with Crippen LogP contribution in [0.3, 0.4) is 0 Å². The fraction of sp³-hybridized carbons (Fsp3) is 0.923. The summed E-state index contributed by atoms with van der Waals surface area (Å²) in [7, 11) is 1.64. The van der Waals surface area contributed by atoms with Crippen molar-refractivity contribution in [3.8, 4) is 0 Å². The van der Waals surface area contributed by atoms with Gasteiger partial charge in [0.2, 0.25) is 5.91 Å². The zero-order chi connectivity index (χ0) is 13.4. The first-order valence-electron chi connectivity index (χ1n) is 6.93. The van der Waals surface area contributed by atoms with Crippen LogP contribution in [0.1, 0.15) is 26.7 Å². The van der Waals surface area contributed by atoms with Gasteiger partial charge in [0.25, 0.3) is 0 Å². The van der Waals surface area contributed by atoms with Crippen LogP contribution in [-0.4, -0.2) is 62.8 Å². The van der Waals surface area contributed by atoms with Gasteiger partial charge in [0.05, 0.1) is 12.6 Å². The molecule has 1 aliphatic heterocycles. The highest BCUT2D eigenvalue weighted by molar-refractivity contribution is 5.81. The summed E-state index contributed by atoms with van der Waals surface area (Å²) in [6, 6.07) is 0.406. The number of hydrogen-bond acceptors (Lipinski definition) is 4. The molecule has 0 aromatic carbocycles. The van der Waals surface area contributed by atoms with E-state index in [2.05, 4.69) is 22.5 Å². The lowest BCUT2D eigenvalue weighted by Gasteiger charge is -2.37. The molecular weight excluding hydrogens is 230 g/mol. The van der Waals surface area contributed by atoms with Crippen LogP contribution >= 0.6 is 0 Å². The zero-order valence-corrected chi connectivity index (χ0v) is 11.9. The molecule has 0 aromatic rings. The molecule has 5 nitrogen and oxygen atoms in total. The van der Waals surface area contributed by atoms with Crippen LogP contribution in [0.15, 0.2) is 0 Å². The van der Waals surface area contributed by atoms with Crippen molar-refractivity contribution < 1.29 is 9.53 Å². The number of hydrogen-bond donors (Lipinski definition) is 2. The monoisotopic (exact) mass is 257 g/mol. The van der Waals surface area contributed by atoms with Crippen LogP contribution in [0.25, 0.3) is 0 Å². The largest absolute Gasteiger partial charge is 0.383 e. The number of carbonyl (C=O) groups is 1. The third-order valence-electron chi connectivity index (χ3n) is 3.59. The van der Waals surface area contributed by atoms with Crippen LogP contribution in [0.5, 0.6) is 0 Å². The number of nitrogens with zero attached hydrogens (tertiary/aromatic N) is 1. The van der Waals surface area contributed by atoms with E-state index < -0.39 is 0 Å². The Hall–Kier alpha value is -0.650. The summed E-state index contributed by atoms with van der Waals surface area (Å²) in [5.74, 6) is 0.0967.